The lowest BCUT2D eigenvalue weighted by Gasteiger charge is -2.09. The van der Waals surface area contributed by atoms with Gasteiger partial charge < -0.3 is 10.1 Å². The number of thiazole rings is 1. The lowest BCUT2D eigenvalue weighted by Crippen LogP contribution is -2.16. The summed E-state index contributed by atoms with van der Waals surface area (Å²) >= 11 is 1.52. The van der Waals surface area contributed by atoms with Gasteiger partial charge in [0.05, 0.1) is 24.8 Å². The third-order valence-corrected chi connectivity index (χ3v) is 5.06. The number of rotatable bonds is 5. The van der Waals surface area contributed by atoms with E-state index >= 15 is 0 Å². The third-order valence-electron chi connectivity index (χ3n) is 4.12. The fourth-order valence-corrected chi connectivity index (χ4v) is 3.40. The molecule has 0 radical (unpaired) electrons. The number of aromatic nitrogens is 1. The molecule has 0 saturated carbocycles. The van der Waals surface area contributed by atoms with Gasteiger partial charge in [-0.05, 0) is 31.5 Å². The van der Waals surface area contributed by atoms with Crippen LogP contribution in [0.1, 0.15) is 27.2 Å². The molecule has 0 aliphatic carbocycles. The van der Waals surface area contributed by atoms with Gasteiger partial charge >= 0.3 is 5.97 Å². The van der Waals surface area contributed by atoms with E-state index in [1.54, 1.807) is 18.2 Å². The molecule has 1 amide bonds. The fourth-order valence-electron chi connectivity index (χ4n) is 2.58. The first-order valence-corrected chi connectivity index (χ1v) is 9.34. The van der Waals surface area contributed by atoms with Crippen LogP contribution in [0.3, 0.4) is 0 Å². The van der Waals surface area contributed by atoms with Crippen LogP contribution in [0.2, 0.25) is 0 Å². The van der Waals surface area contributed by atoms with Gasteiger partial charge in [0, 0.05) is 16.6 Å². The quantitative estimate of drug-likeness (QED) is 0.667. The molecule has 6 heteroatoms. The van der Waals surface area contributed by atoms with Crippen LogP contribution in [0, 0.1) is 13.8 Å². The molecule has 0 spiro atoms. The van der Waals surface area contributed by atoms with Crippen molar-refractivity contribution in [1.82, 2.24) is 4.98 Å². The lowest BCUT2D eigenvalue weighted by molar-refractivity contribution is -0.115. The summed E-state index contributed by atoms with van der Waals surface area (Å²) in [7, 11) is 1.33. The van der Waals surface area contributed by atoms with Gasteiger partial charge in [0.25, 0.3) is 0 Å². The minimum atomic E-state index is -0.437. The topological polar surface area (TPSA) is 68.3 Å². The number of esters is 1. The number of carbonyl (C=O) groups excluding carboxylic acids is 2. The van der Waals surface area contributed by atoms with Crippen molar-refractivity contribution >= 4 is 28.9 Å². The van der Waals surface area contributed by atoms with Gasteiger partial charge in [-0.25, -0.2) is 9.78 Å². The number of anilines is 1. The second-order valence-corrected chi connectivity index (χ2v) is 7.11. The van der Waals surface area contributed by atoms with Gasteiger partial charge in [0.2, 0.25) is 5.91 Å². The zero-order valence-corrected chi connectivity index (χ0v) is 16.2. The minimum absolute atomic E-state index is 0.171. The average Bonchev–Trinajstić information content (AvgIpc) is 3.11. The second kappa shape index (κ2) is 8.14. The smallest absolute Gasteiger partial charge is 0.337 e. The van der Waals surface area contributed by atoms with E-state index in [4.69, 9.17) is 4.74 Å². The van der Waals surface area contributed by atoms with E-state index in [0.717, 1.165) is 21.8 Å². The lowest BCUT2D eigenvalue weighted by atomic mass is 10.1. The highest BCUT2D eigenvalue weighted by Crippen LogP contribution is 2.24. The monoisotopic (exact) mass is 380 g/mol. The summed E-state index contributed by atoms with van der Waals surface area (Å²) in [6.07, 6.45) is 0.171. The van der Waals surface area contributed by atoms with Crippen molar-refractivity contribution in [3.63, 3.8) is 0 Å². The molecule has 5 nitrogen and oxygen atoms in total. The van der Waals surface area contributed by atoms with Crippen LogP contribution in [-0.4, -0.2) is 24.0 Å². The Balaban J connectivity index is 1.70. The van der Waals surface area contributed by atoms with Crippen molar-refractivity contribution in [1.29, 1.82) is 0 Å². The van der Waals surface area contributed by atoms with Crippen LogP contribution in [0.4, 0.5) is 5.69 Å². The number of aryl methyl sites for hydroxylation is 2. The fraction of sp³-hybridized carbons (Fsp3) is 0.190. The molecule has 0 fully saturated rings. The molecule has 0 atom stereocenters. The summed E-state index contributed by atoms with van der Waals surface area (Å²) in [5.41, 5.74) is 4.81. The third kappa shape index (κ3) is 4.60. The molecule has 2 aromatic carbocycles. The molecule has 0 aliphatic rings. The number of benzene rings is 2. The van der Waals surface area contributed by atoms with Crippen LogP contribution in [0.5, 0.6) is 0 Å². The first-order chi connectivity index (χ1) is 13.0. The molecule has 0 saturated heterocycles. The summed E-state index contributed by atoms with van der Waals surface area (Å²) in [6.45, 7) is 3.91. The number of amides is 1. The van der Waals surface area contributed by atoms with Crippen LogP contribution in [0.25, 0.3) is 10.6 Å². The maximum Gasteiger partial charge on any atom is 0.337 e. The molecule has 27 heavy (non-hydrogen) atoms. The molecule has 1 heterocycles. The normalized spacial score (nSPS) is 10.5. The Morgan fingerprint density at radius 1 is 1.11 bits per heavy atom. The molecule has 3 aromatic rings. The van der Waals surface area contributed by atoms with Gasteiger partial charge in [-0.1, -0.05) is 35.9 Å². The number of ether oxygens (including phenoxy) is 1. The minimum Gasteiger partial charge on any atom is -0.465 e. The number of nitrogens with zero attached hydrogens (tertiary/aromatic N) is 1. The van der Waals surface area contributed by atoms with Gasteiger partial charge in [0.15, 0.2) is 0 Å². The number of methoxy groups -OCH3 is 1. The molecule has 0 unspecified atom stereocenters. The molecular weight excluding hydrogens is 360 g/mol. The molecule has 0 aliphatic heterocycles. The van der Waals surface area contributed by atoms with Crippen molar-refractivity contribution in [2.45, 2.75) is 20.3 Å². The summed E-state index contributed by atoms with van der Waals surface area (Å²) in [5.74, 6) is -0.617. The van der Waals surface area contributed by atoms with E-state index in [2.05, 4.69) is 10.3 Å². The Labute approximate surface area is 162 Å². The number of nitrogens with one attached hydrogen (secondary N) is 1. The van der Waals surface area contributed by atoms with E-state index in [-0.39, 0.29) is 12.3 Å². The van der Waals surface area contributed by atoms with Crippen LogP contribution < -0.4 is 5.32 Å². The van der Waals surface area contributed by atoms with E-state index in [9.17, 15) is 9.59 Å². The summed E-state index contributed by atoms with van der Waals surface area (Å²) < 4.78 is 4.72. The Kier molecular flexibility index (Phi) is 5.66. The van der Waals surface area contributed by atoms with Crippen molar-refractivity contribution in [3.05, 3.63) is 70.2 Å². The van der Waals surface area contributed by atoms with E-state index < -0.39 is 5.97 Å². The van der Waals surface area contributed by atoms with Gasteiger partial charge in [-0.15, -0.1) is 11.3 Å². The van der Waals surface area contributed by atoms with E-state index in [0.29, 0.717) is 11.3 Å². The largest absolute Gasteiger partial charge is 0.465 e. The Hall–Kier alpha value is -2.99. The second-order valence-electron chi connectivity index (χ2n) is 6.26. The zero-order chi connectivity index (χ0) is 19.4. The van der Waals surface area contributed by atoms with Crippen LogP contribution in [-0.2, 0) is 16.0 Å². The molecular formula is C21H20N2O3S. The van der Waals surface area contributed by atoms with Crippen molar-refractivity contribution < 1.29 is 14.3 Å². The predicted octanol–water partition coefficient (Wildman–Crippen LogP) is 4.39. The highest BCUT2D eigenvalue weighted by Gasteiger charge is 2.13. The molecule has 0 bridgehead atoms. The highest BCUT2D eigenvalue weighted by molar-refractivity contribution is 7.13. The highest BCUT2D eigenvalue weighted by atomic mass is 32.1. The van der Waals surface area contributed by atoms with Crippen molar-refractivity contribution in [2.24, 2.45) is 0 Å². The Bertz CT molecular complexity index is 977. The average molecular weight is 380 g/mol. The summed E-state index contributed by atoms with van der Waals surface area (Å²) in [4.78, 5) is 28.6. The maximum absolute atomic E-state index is 12.4. The predicted molar refractivity (Wildman–Crippen MR) is 107 cm³/mol. The van der Waals surface area contributed by atoms with E-state index in [1.165, 1.54) is 24.0 Å². The standard InChI is InChI=1S/C21H20N2O3S/c1-13-4-7-15(8-5-13)20-22-17(12-27-20)11-19(24)23-18-10-16(21(25)26-3)9-6-14(18)2/h4-10,12H,11H2,1-3H3,(H,23,24). The Morgan fingerprint density at radius 3 is 2.56 bits per heavy atom. The van der Waals surface area contributed by atoms with Crippen LogP contribution >= 0.6 is 11.3 Å². The summed E-state index contributed by atoms with van der Waals surface area (Å²) in [5, 5.41) is 5.64. The molecule has 3 rings (SSSR count). The molecule has 1 aromatic heterocycles. The van der Waals surface area contributed by atoms with Gasteiger partial charge in [-0.2, -0.15) is 0 Å². The first-order valence-electron chi connectivity index (χ1n) is 8.46. The molecule has 138 valence electrons. The number of hydrogen-bond acceptors (Lipinski definition) is 5. The Morgan fingerprint density at radius 2 is 1.85 bits per heavy atom. The molecule has 1 N–H and O–H groups in total. The number of hydrogen-bond donors (Lipinski definition) is 1. The maximum atomic E-state index is 12.4. The SMILES string of the molecule is COC(=O)c1ccc(C)c(NC(=O)Cc2csc(-c3ccc(C)cc3)n2)c1. The summed E-state index contributed by atoms with van der Waals surface area (Å²) in [6, 6.07) is 13.2. The van der Waals surface area contributed by atoms with Crippen molar-refractivity contribution in [2.75, 3.05) is 12.4 Å². The first kappa shape index (κ1) is 18.8. The van der Waals surface area contributed by atoms with Gasteiger partial charge in [-0.3, -0.25) is 4.79 Å². The zero-order valence-electron chi connectivity index (χ0n) is 15.4. The number of carbonyl (C=O) groups is 2. The van der Waals surface area contributed by atoms with Crippen molar-refractivity contribution in [3.8, 4) is 10.6 Å². The van der Waals surface area contributed by atoms with E-state index in [1.807, 2.05) is 43.5 Å². The van der Waals surface area contributed by atoms with Crippen LogP contribution in [0.15, 0.2) is 47.8 Å². The van der Waals surface area contributed by atoms with Gasteiger partial charge in [0.1, 0.15) is 5.01 Å².